The first kappa shape index (κ1) is 21.6. The molecule has 0 bridgehead atoms. The molecule has 1 amide bonds. The summed E-state index contributed by atoms with van der Waals surface area (Å²) in [6.07, 6.45) is 1.06. The lowest BCUT2D eigenvalue weighted by Gasteiger charge is -2.36. The van der Waals surface area contributed by atoms with E-state index >= 15 is 0 Å². The summed E-state index contributed by atoms with van der Waals surface area (Å²) >= 11 is 1.44. The largest absolute Gasteiger partial charge is 0.372 e. The van der Waals surface area contributed by atoms with Crippen molar-refractivity contribution < 1.29 is 9.53 Å². The van der Waals surface area contributed by atoms with Crippen LogP contribution in [0.15, 0.2) is 59.6 Å². The molecule has 0 aliphatic carbocycles. The number of rotatable bonds is 7. The van der Waals surface area contributed by atoms with Gasteiger partial charge in [0.05, 0.1) is 29.0 Å². The average molecular weight is 437 g/mol. The van der Waals surface area contributed by atoms with E-state index < -0.39 is 0 Å². The Morgan fingerprint density at radius 1 is 1.03 bits per heavy atom. The van der Waals surface area contributed by atoms with E-state index in [2.05, 4.69) is 36.2 Å². The average Bonchev–Trinajstić information content (AvgIpc) is 2.77. The quantitative estimate of drug-likeness (QED) is 0.570. The summed E-state index contributed by atoms with van der Waals surface area (Å²) in [5.74, 6) is 1.15. The highest BCUT2D eigenvalue weighted by Gasteiger charge is 2.26. The number of hydrogen-bond donors (Lipinski definition) is 1. The summed E-state index contributed by atoms with van der Waals surface area (Å²) in [4.78, 5) is 24.4. The Hall–Kier alpha value is -2.64. The molecule has 3 aromatic rings. The maximum Gasteiger partial charge on any atom is 0.230 e. The Balaban J connectivity index is 1.44. The summed E-state index contributed by atoms with van der Waals surface area (Å²) < 4.78 is 5.88. The van der Waals surface area contributed by atoms with E-state index in [4.69, 9.17) is 14.7 Å². The number of nitrogens with one attached hydrogen (secondary N) is 1. The second kappa shape index (κ2) is 10.1. The Kier molecular flexibility index (Phi) is 7.04. The molecule has 0 saturated carbocycles. The van der Waals surface area contributed by atoms with Gasteiger partial charge >= 0.3 is 0 Å². The third kappa shape index (κ3) is 5.74. The number of thioether (sulfide) groups is 1. The van der Waals surface area contributed by atoms with E-state index in [1.165, 1.54) is 17.3 Å². The number of morpholine rings is 1. The lowest BCUT2D eigenvalue weighted by atomic mass is 10.1. The van der Waals surface area contributed by atoms with Gasteiger partial charge in [-0.2, -0.15) is 0 Å². The number of anilines is 1. The van der Waals surface area contributed by atoms with E-state index in [0.29, 0.717) is 12.3 Å². The molecule has 6 nitrogen and oxygen atoms in total. The van der Waals surface area contributed by atoms with E-state index in [0.717, 1.165) is 41.4 Å². The topological polar surface area (TPSA) is 67.4 Å². The summed E-state index contributed by atoms with van der Waals surface area (Å²) in [6, 6.07) is 18.0. The van der Waals surface area contributed by atoms with Crippen molar-refractivity contribution in [2.75, 3.05) is 30.3 Å². The standard InChI is InChI=1S/C24H28N4O2S/c1-17-14-28(15-18(2)30-17)23-24(27-21-11-7-6-10-20(21)26-23)31-16-22(29)25-13-12-19-8-4-3-5-9-19/h3-11,17-18H,12-16H2,1-2H3,(H,25,29). The zero-order valence-corrected chi connectivity index (χ0v) is 18.8. The normalized spacial score (nSPS) is 18.8. The van der Waals surface area contributed by atoms with Crippen molar-refractivity contribution in [3.8, 4) is 0 Å². The van der Waals surface area contributed by atoms with Crippen LogP contribution in [0.1, 0.15) is 19.4 Å². The fourth-order valence-corrected chi connectivity index (χ4v) is 4.64. The molecule has 1 aliphatic rings. The molecule has 2 atom stereocenters. The zero-order valence-electron chi connectivity index (χ0n) is 18.0. The summed E-state index contributed by atoms with van der Waals surface area (Å²) in [5, 5.41) is 3.80. The highest BCUT2D eigenvalue weighted by Crippen LogP contribution is 2.30. The fourth-order valence-electron chi connectivity index (χ4n) is 3.80. The number of benzene rings is 2. The Morgan fingerprint density at radius 2 is 1.68 bits per heavy atom. The monoisotopic (exact) mass is 436 g/mol. The smallest absolute Gasteiger partial charge is 0.230 e. The van der Waals surface area contributed by atoms with E-state index in [1.807, 2.05) is 42.5 Å². The van der Waals surface area contributed by atoms with Gasteiger partial charge in [-0.05, 0) is 38.0 Å². The van der Waals surface area contributed by atoms with Gasteiger partial charge in [0.1, 0.15) is 5.03 Å². The van der Waals surface area contributed by atoms with E-state index in [1.54, 1.807) is 0 Å². The van der Waals surface area contributed by atoms with Crippen molar-refractivity contribution in [3.63, 3.8) is 0 Å². The van der Waals surface area contributed by atoms with E-state index in [9.17, 15) is 4.79 Å². The second-order valence-electron chi connectivity index (χ2n) is 7.88. The van der Waals surface area contributed by atoms with Gasteiger partial charge in [0.2, 0.25) is 5.91 Å². The first-order valence-corrected chi connectivity index (χ1v) is 11.7. The number of fused-ring (bicyclic) bond motifs is 1. The first-order chi connectivity index (χ1) is 15.1. The lowest BCUT2D eigenvalue weighted by molar-refractivity contribution is -0.118. The minimum absolute atomic E-state index is 0.00514. The lowest BCUT2D eigenvalue weighted by Crippen LogP contribution is -2.46. The minimum atomic E-state index is 0.00514. The predicted molar refractivity (Wildman–Crippen MR) is 126 cm³/mol. The van der Waals surface area contributed by atoms with Gasteiger partial charge < -0.3 is 15.0 Å². The number of aromatic nitrogens is 2. The molecule has 162 valence electrons. The van der Waals surface area contributed by atoms with Gasteiger partial charge in [0, 0.05) is 19.6 Å². The first-order valence-electron chi connectivity index (χ1n) is 10.7. The van der Waals surface area contributed by atoms with Crippen molar-refractivity contribution in [1.29, 1.82) is 0 Å². The molecular weight excluding hydrogens is 408 g/mol. The van der Waals surface area contributed by atoms with Crippen LogP contribution in [0.4, 0.5) is 5.82 Å². The number of nitrogens with zero attached hydrogens (tertiary/aromatic N) is 3. The van der Waals surface area contributed by atoms with Crippen molar-refractivity contribution in [2.24, 2.45) is 0 Å². The molecule has 4 rings (SSSR count). The van der Waals surface area contributed by atoms with Crippen molar-refractivity contribution in [1.82, 2.24) is 15.3 Å². The maximum absolute atomic E-state index is 12.4. The number of para-hydroxylation sites is 2. The fraction of sp³-hybridized carbons (Fsp3) is 0.375. The highest BCUT2D eigenvalue weighted by molar-refractivity contribution is 8.00. The molecule has 1 N–H and O–H groups in total. The van der Waals surface area contributed by atoms with Crippen LogP contribution in [-0.4, -0.2) is 53.5 Å². The van der Waals surface area contributed by atoms with Crippen LogP contribution in [0.2, 0.25) is 0 Å². The highest BCUT2D eigenvalue weighted by atomic mass is 32.2. The van der Waals surface area contributed by atoms with Crippen LogP contribution in [-0.2, 0) is 16.0 Å². The van der Waals surface area contributed by atoms with Gasteiger partial charge in [0.25, 0.3) is 0 Å². The van der Waals surface area contributed by atoms with Crippen LogP contribution in [0.3, 0.4) is 0 Å². The third-order valence-electron chi connectivity index (χ3n) is 5.16. The Bertz CT molecular complexity index is 1020. The van der Waals surface area contributed by atoms with Crippen LogP contribution in [0, 0.1) is 0 Å². The third-order valence-corrected chi connectivity index (χ3v) is 6.11. The number of amides is 1. The van der Waals surface area contributed by atoms with Crippen LogP contribution >= 0.6 is 11.8 Å². The van der Waals surface area contributed by atoms with Gasteiger partial charge in [-0.15, -0.1) is 0 Å². The molecule has 1 fully saturated rings. The maximum atomic E-state index is 12.4. The molecular formula is C24H28N4O2S. The molecule has 1 aliphatic heterocycles. The van der Waals surface area contributed by atoms with E-state index in [-0.39, 0.29) is 18.1 Å². The SMILES string of the molecule is CC1CN(c2nc3ccccc3nc2SCC(=O)NCCc2ccccc2)CC(C)O1. The molecule has 2 unspecified atom stereocenters. The van der Waals surface area contributed by atoms with Crippen molar-refractivity contribution in [2.45, 2.75) is 37.5 Å². The molecule has 1 saturated heterocycles. The van der Waals surface area contributed by atoms with Crippen LogP contribution in [0.25, 0.3) is 11.0 Å². The summed E-state index contributed by atoms with van der Waals surface area (Å²) in [5.41, 5.74) is 2.92. The molecule has 7 heteroatoms. The van der Waals surface area contributed by atoms with Crippen molar-refractivity contribution >= 4 is 34.5 Å². The molecule has 2 heterocycles. The molecule has 2 aromatic carbocycles. The number of hydrogen-bond acceptors (Lipinski definition) is 6. The summed E-state index contributed by atoms with van der Waals surface area (Å²) in [7, 11) is 0. The van der Waals surface area contributed by atoms with Gasteiger partial charge in [-0.3, -0.25) is 4.79 Å². The molecule has 31 heavy (non-hydrogen) atoms. The Labute approximate surface area is 187 Å². The number of carbonyl (C=O) groups excluding carboxylic acids is 1. The number of carbonyl (C=O) groups is 1. The molecule has 1 aromatic heterocycles. The van der Waals surface area contributed by atoms with Gasteiger partial charge in [-0.1, -0.05) is 54.2 Å². The van der Waals surface area contributed by atoms with Crippen LogP contribution < -0.4 is 10.2 Å². The number of ether oxygens (including phenoxy) is 1. The Morgan fingerprint density at radius 3 is 2.39 bits per heavy atom. The molecule has 0 spiro atoms. The predicted octanol–water partition coefficient (Wildman–Crippen LogP) is 3.69. The second-order valence-corrected chi connectivity index (χ2v) is 8.84. The van der Waals surface area contributed by atoms with Crippen LogP contribution in [0.5, 0.6) is 0 Å². The zero-order chi connectivity index (χ0) is 21.6. The van der Waals surface area contributed by atoms with Crippen molar-refractivity contribution in [3.05, 3.63) is 60.2 Å². The summed E-state index contributed by atoms with van der Waals surface area (Å²) in [6.45, 7) is 6.29. The molecule has 0 radical (unpaired) electrons. The van der Waals surface area contributed by atoms with Gasteiger partial charge in [0.15, 0.2) is 5.82 Å². The minimum Gasteiger partial charge on any atom is -0.372 e. The van der Waals surface area contributed by atoms with Gasteiger partial charge in [-0.25, -0.2) is 9.97 Å².